The second-order valence-corrected chi connectivity index (χ2v) is 5.49. The molecule has 104 valence electrons. The Kier molecular flexibility index (Phi) is 5.25. The third-order valence-electron chi connectivity index (χ3n) is 3.08. The Morgan fingerprint density at radius 3 is 2.61 bits per heavy atom. The predicted molar refractivity (Wildman–Crippen MR) is 70.8 cm³/mol. The summed E-state index contributed by atoms with van der Waals surface area (Å²) in [5.74, 6) is 6.59. The van der Waals surface area contributed by atoms with Crippen LogP contribution in [0.2, 0.25) is 0 Å². The highest BCUT2D eigenvalue weighted by atomic mass is 16.5. The van der Waals surface area contributed by atoms with Gasteiger partial charge in [0.1, 0.15) is 12.2 Å². The van der Waals surface area contributed by atoms with Gasteiger partial charge in [-0.25, -0.2) is 4.98 Å². The van der Waals surface area contributed by atoms with E-state index in [0.29, 0.717) is 6.42 Å². The van der Waals surface area contributed by atoms with Crippen molar-refractivity contribution in [2.24, 2.45) is 11.3 Å². The fraction of sp³-hybridized carbons (Fsp3) is 0.833. The molecule has 18 heavy (non-hydrogen) atoms. The standard InChI is InChI=1S/C12H25N5O/c1-6-17-10(14-8-15-17)7-9(16-13)11(18-5)12(2,3)4/h8-9,11,16H,6-7,13H2,1-5H3. The van der Waals surface area contributed by atoms with Crippen molar-refractivity contribution in [3.63, 3.8) is 0 Å². The van der Waals surface area contributed by atoms with E-state index in [0.717, 1.165) is 12.4 Å². The molecule has 0 aliphatic rings. The van der Waals surface area contributed by atoms with Crippen molar-refractivity contribution in [3.8, 4) is 0 Å². The quantitative estimate of drug-likeness (QED) is 0.579. The van der Waals surface area contributed by atoms with Gasteiger partial charge in [-0.1, -0.05) is 20.8 Å². The molecule has 1 aromatic rings. The molecule has 0 saturated heterocycles. The Labute approximate surface area is 109 Å². The number of rotatable bonds is 6. The van der Waals surface area contributed by atoms with Crippen LogP contribution in [0, 0.1) is 5.41 Å². The summed E-state index contributed by atoms with van der Waals surface area (Å²) in [6.07, 6.45) is 2.27. The van der Waals surface area contributed by atoms with Crippen LogP contribution in [0.3, 0.4) is 0 Å². The van der Waals surface area contributed by atoms with Crippen molar-refractivity contribution in [1.29, 1.82) is 0 Å². The van der Waals surface area contributed by atoms with Crippen LogP contribution in [0.25, 0.3) is 0 Å². The number of hydrogen-bond donors (Lipinski definition) is 2. The summed E-state index contributed by atoms with van der Waals surface area (Å²) in [4.78, 5) is 4.27. The minimum atomic E-state index is 0.00283. The van der Waals surface area contributed by atoms with Crippen molar-refractivity contribution in [2.45, 2.75) is 52.8 Å². The molecule has 0 fully saturated rings. The molecule has 6 nitrogen and oxygen atoms in total. The number of nitrogens with two attached hydrogens (primary N) is 1. The monoisotopic (exact) mass is 255 g/mol. The Morgan fingerprint density at radius 2 is 2.17 bits per heavy atom. The Bertz CT molecular complexity index is 358. The molecule has 1 aromatic heterocycles. The van der Waals surface area contributed by atoms with E-state index in [1.807, 2.05) is 11.6 Å². The molecule has 6 heteroatoms. The molecular weight excluding hydrogens is 230 g/mol. The van der Waals surface area contributed by atoms with Crippen molar-refractivity contribution in [1.82, 2.24) is 20.2 Å². The second-order valence-electron chi connectivity index (χ2n) is 5.49. The number of nitrogens with zero attached hydrogens (tertiary/aromatic N) is 3. The van der Waals surface area contributed by atoms with Gasteiger partial charge in [-0.2, -0.15) is 5.10 Å². The number of hydrogen-bond acceptors (Lipinski definition) is 5. The Morgan fingerprint density at radius 1 is 1.50 bits per heavy atom. The third kappa shape index (κ3) is 3.51. The Balaban J connectivity index is 2.84. The van der Waals surface area contributed by atoms with E-state index >= 15 is 0 Å². The predicted octanol–water partition coefficient (Wildman–Crippen LogP) is 0.734. The number of hydrazine groups is 1. The summed E-state index contributed by atoms with van der Waals surface area (Å²) in [5, 5.41) is 4.17. The second kappa shape index (κ2) is 6.26. The molecule has 0 aliphatic heterocycles. The van der Waals surface area contributed by atoms with Crippen LogP contribution in [0.5, 0.6) is 0 Å². The van der Waals surface area contributed by atoms with Gasteiger partial charge in [-0.05, 0) is 12.3 Å². The maximum atomic E-state index is 5.67. The summed E-state index contributed by atoms with van der Waals surface area (Å²) in [5.41, 5.74) is 2.85. The number of aromatic nitrogens is 3. The third-order valence-corrected chi connectivity index (χ3v) is 3.08. The largest absolute Gasteiger partial charge is 0.379 e. The van der Waals surface area contributed by atoms with E-state index in [1.165, 1.54) is 0 Å². The topological polar surface area (TPSA) is 78.0 Å². The lowest BCUT2D eigenvalue weighted by Gasteiger charge is -2.35. The molecule has 3 N–H and O–H groups in total. The molecular formula is C12H25N5O. The molecule has 1 rings (SSSR count). The lowest BCUT2D eigenvalue weighted by Crippen LogP contribution is -2.51. The first kappa shape index (κ1) is 15.1. The van der Waals surface area contributed by atoms with E-state index in [4.69, 9.17) is 10.6 Å². The number of ether oxygens (including phenoxy) is 1. The average Bonchev–Trinajstić information content (AvgIpc) is 2.74. The lowest BCUT2D eigenvalue weighted by atomic mass is 9.83. The zero-order chi connectivity index (χ0) is 13.8. The summed E-state index contributed by atoms with van der Waals surface area (Å²) >= 11 is 0. The van der Waals surface area contributed by atoms with Crippen LogP contribution >= 0.6 is 0 Å². The van der Waals surface area contributed by atoms with Gasteiger partial charge < -0.3 is 4.74 Å². The van der Waals surface area contributed by atoms with Crippen LogP contribution in [0.1, 0.15) is 33.5 Å². The van der Waals surface area contributed by atoms with Gasteiger partial charge in [-0.3, -0.25) is 16.0 Å². The van der Waals surface area contributed by atoms with Crippen molar-refractivity contribution >= 4 is 0 Å². The smallest absolute Gasteiger partial charge is 0.138 e. The van der Waals surface area contributed by atoms with E-state index in [2.05, 4.69) is 36.3 Å². The molecule has 2 unspecified atom stereocenters. The van der Waals surface area contributed by atoms with Crippen molar-refractivity contribution in [2.75, 3.05) is 7.11 Å². The minimum Gasteiger partial charge on any atom is -0.379 e. The summed E-state index contributed by atoms with van der Waals surface area (Å²) in [7, 11) is 1.71. The zero-order valence-electron chi connectivity index (χ0n) is 12.0. The maximum Gasteiger partial charge on any atom is 0.138 e. The SMILES string of the molecule is CCn1ncnc1CC(NN)C(OC)C(C)(C)C. The highest BCUT2D eigenvalue weighted by Gasteiger charge is 2.32. The molecule has 1 heterocycles. The first-order valence-corrected chi connectivity index (χ1v) is 6.29. The van der Waals surface area contributed by atoms with E-state index < -0.39 is 0 Å². The van der Waals surface area contributed by atoms with Gasteiger partial charge in [0, 0.05) is 20.1 Å². The fourth-order valence-electron chi connectivity index (χ4n) is 2.28. The highest BCUT2D eigenvalue weighted by molar-refractivity contribution is 4.95. The number of aryl methyl sites for hydroxylation is 1. The zero-order valence-corrected chi connectivity index (χ0v) is 12.0. The summed E-state index contributed by atoms with van der Waals surface area (Å²) in [6.45, 7) is 9.25. The van der Waals surface area contributed by atoms with Gasteiger partial charge in [0.15, 0.2) is 0 Å². The van der Waals surface area contributed by atoms with Crippen LogP contribution in [-0.2, 0) is 17.7 Å². The molecule has 0 saturated carbocycles. The van der Waals surface area contributed by atoms with Gasteiger partial charge in [0.2, 0.25) is 0 Å². The minimum absolute atomic E-state index is 0.00283. The van der Waals surface area contributed by atoms with Gasteiger partial charge in [-0.15, -0.1) is 0 Å². The van der Waals surface area contributed by atoms with Gasteiger partial charge in [0.05, 0.1) is 12.1 Å². The first-order valence-electron chi connectivity index (χ1n) is 6.29. The van der Waals surface area contributed by atoms with Crippen LogP contribution < -0.4 is 11.3 Å². The van der Waals surface area contributed by atoms with Crippen LogP contribution in [0.4, 0.5) is 0 Å². The molecule has 0 amide bonds. The molecule has 2 atom stereocenters. The molecule has 0 aliphatic carbocycles. The molecule has 0 radical (unpaired) electrons. The van der Waals surface area contributed by atoms with E-state index in [-0.39, 0.29) is 17.6 Å². The van der Waals surface area contributed by atoms with Crippen molar-refractivity contribution < 1.29 is 4.74 Å². The van der Waals surface area contributed by atoms with Crippen molar-refractivity contribution in [3.05, 3.63) is 12.2 Å². The lowest BCUT2D eigenvalue weighted by molar-refractivity contribution is -0.0117. The Hall–Kier alpha value is -0.980. The summed E-state index contributed by atoms with van der Waals surface area (Å²) < 4.78 is 7.46. The number of nitrogens with one attached hydrogen (secondary N) is 1. The normalized spacial score (nSPS) is 15.7. The highest BCUT2D eigenvalue weighted by Crippen LogP contribution is 2.25. The fourth-order valence-corrected chi connectivity index (χ4v) is 2.28. The van der Waals surface area contributed by atoms with E-state index in [9.17, 15) is 0 Å². The van der Waals surface area contributed by atoms with Gasteiger partial charge >= 0.3 is 0 Å². The van der Waals surface area contributed by atoms with Gasteiger partial charge in [0.25, 0.3) is 0 Å². The first-order chi connectivity index (χ1) is 8.43. The van der Waals surface area contributed by atoms with Crippen LogP contribution in [-0.4, -0.2) is 34.0 Å². The van der Waals surface area contributed by atoms with Crippen LogP contribution in [0.15, 0.2) is 6.33 Å². The molecule has 0 aromatic carbocycles. The number of methoxy groups -OCH3 is 1. The van der Waals surface area contributed by atoms with E-state index in [1.54, 1.807) is 13.4 Å². The average molecular weight is 255 g/mol. The molecule has 0 bridgehead atoms. The maximum absolute atomic E-state index is 5.67. The molecule has 0 spiro atoms. The summed E-state index contributed by atoms with van der Waals surface area (Å²) in [6, 6.07) is 0.00417.